The SMILES string of the molecule is COc1ccc(C)cc1S(=O)(=O)N(CC(=O)Nc1cccc(C)c1C)c1ccc(C)c(C)c1. The van der Waals surface area contributed by atoms with Gasteiger partial charge in [-0.05, 0) is 92.8 Å². The van der Waals surface area contributed by atoms with Crippen LogP contribution in [0.2, 0.25) is 0 Å². The van der Waals surface area contributed by atoms with E-state index < -0.39 is 15.9 Å². The predicted octanol–water partition coefficient (Wildman–Crippen LogP) is 5.07. The van der Waals surface area contributed by atoms with Crippen LogP contribution in [0.1, 0.15) is 27.8 Å². The minimum absolute atomic E-state index is 0.0164. The van der Waals surface area contributed by atoms with E-state index in [0.717, 1.165) is 32.1 Å². The van der Waals surface area contributed by atoms with Crippen molar-refractivity contribution in [2.45, 2.75) is 39.5 Å². The quantitative estimate of drug-likeness (QED) is 0.527. The molecule has 7 heteroatoms. The zero-order valence-corrected chi connectivity index (χ0v) is 20.7. The number of ether oxygens (including phenoxy) is 1. The number of benzene rings is 3. The number of methoxy groups -OCH3 is 1. The molecular weight excluding hydrogens is 436 g/mol. The molecular formula is C26H30N2O4S. The summed E-state index contributed by atoms with van der Waals surface area (Å²) >= 11 is 0. The Bertz CT molecular complexity index is 1300. The standard InChI is InChI=1S/C26H30N2O4S/c1-17-10-13-24(32-6)25(14-17)33(30,31)28(22-12-11-18(2)20(4)15-22)16-26(29)27-23-9-7-8-19(3)21(23)5/h7-15H,16H2,1-6H3,(H,27,29). The van der Waals surface area contributed by atoms with Crippen molar-refractivity contribution in [2.24, 2.45) is 0 Å². The largest absolute Gasteiger partial charge is 0.495 e. The van der Waals surface area contributed by atoms with Crippen molar-refractivity contribution in [1.82, 2.24) is 0 Å². The Hall–Kier alpha value is -3.32. The van der Waals surface area contributed by atoms with Crippen LogP contribution in [0.4, 0.5) is 11.4 Å². The fourth-order valence-corrected chi connectivity index (χ4v) is 5.16. The second kappa shape index (κ2) is 9.67. The van der Waals surface area contributed by atoms with Gasteiger partial charge in [0.25, 0.3) is 10.0 Å². The molecule has 0 unspecified atom stereocenters. The molecule has 33 heavy (non-hydrogen) atoms. The molecule has 0 bridgehead atoms. The molecule has 0 atom stereocenters. The molecule has 174 valence electrons. The highest BCUT2D eigenvalue weighted by Gasteiger charge is 2.30. The summed E-state index contributed by atoms with van der Waals surface area (Å²) in [6.45, 7) is 9.17. The molecule has 0 aliphatic rings. The third kappa shape index (κ3) is 5.20. The number of aryl methyl sites for hydroxylation is 4. The van der Waals surface area contributed by atoms with E-state index >= 15 is 0 Å². The maximum Gasteiger partial charge on any atom is 0.268 e. The van der Waals surface area contributed by atoms with Crippen molar-refractivity contribution in [2.75, 3.05) is 23.3 Å². The Morgan fingerprint density at radius 1 is 0.909 bits per heavy atom. The fourth-order valence-electron chi connectivity index (χ4n) is 3.51. The van der Waals surface area contributed by atoms with Gasteiger partial charge in [0.15, 0.2) is 0 Å². The summed E-state index contributed by atoms with van der Waals surface area (Å²) in [4.78, 5) is 13.1. The van der Waals surface area contributed by atoms with E-state index in [4.69, 9.17) is 4.74 Å². The Labute approximate surface area is 196 Å². The summed E-state index contributed by atoms with van der Waals surface area (Å²) < 4.78 is 34.1. The van der Waals surface area contributed by atoms with Crippen LogP contribution in [0.5, 0.6) is 5.75 Å². The number of carbonyl (C=O) groups excluding carboxylic acids is 1. The van der Waals surface area contributed by atoms with E-state index in [1.165, 1.54) is 7.11 Å². The van der Waals surface area contributed by atoms with Crippen LogP contribution in [0.15, 0.2) is 59.5 Å². The summed E-state index contributed by atoms with van der Waals surface area (Å²) in [6.07, 6.45) is 0. The van der Waals surface area contributed by atoms with E-state index in [0.29, 0.717) is 11.4 Å². The number of nitrogens with one attached hydrogen (secondary N) is 1. The van der Waals surface area contributed by atoms with Gasteiger partial charge in [0.05, 0.1) is 12.8 Å². The van der Waals surface area contributed by atoms with Crippen molar-refractivity contribution in [1.29, 1.82) is 0 Å². The van der Waals surface area contributed by atoms with Crippen molar-refractivity contribution < 1.29 is 17.9 Å². The Balaban J connectivity index is 2.07. The topological polar surface area (TPSA) is 75.7 Å². The average molecular weight is 467 g/mol. The van der Waals surface area contributed by atoms with E-state index in [2.05, 4.69) is 5.32 Å². The van der Waals surface area contributed by atoms with E-state index in [9.17, 15) is 13.2 Å². The van der Waals surface area contributed by atoms with Gasteiger partial charge in [0.1, 0.15) is 17.2 Å². The minimum atomic E-state index is -4.11. The molecule has 0 spiro atoms. The number of carbonyl (C=O) groups is 1. The lowest BCUT2D eigenvalue weighted by atomic mass is 10.1. The van der Waals surface area contributed by atoms with Crippen molar-refractivity contribution >= 4 is 27.3 Å². The molecule has 0 saturated carbocycles. The number of nitrogens with zero attached hydrogens (tertiary/aromatic N) is 1. The monoisotopic (exact) mass is 466 g/mol. The first-order valence-corrected chi connectivity index (χ1v) is 12.1. The van der Waals surface area contributed by atoms with Crippen molar-refractivity contribution in [3.63, 3.8) is 0 Å². The normalized spacial score (nSPS) is 11.2. The highest BCUT2D eigenvalue weighted by Crippen LogP contribution is 2.32. The Morgan fingerprint density at radius 3 is 2.30 bits per heavy atom. The summed E-state index contributed by atoms with van der Waals surface area (Å²) in [5, 5.41) is 2.86. The fraction of sp³-hybridized carbons (Fsp3) is 0.269. The van der Waals surface area contributed by atoms with Gasteiger partial charge in [0, 0.05) is 5.69 Å². The lowest BCUT2D eigenvalue weighted by molar-refractivity contribution is -0.114. The molecule has 0 aliphatic heterocycles. The molecule has 0 aromatic heterocycles. The molecule has 3 aromatic carbocycles. The minimum Gasteiger partial charge on any atom is -0.495 e. The maximum absolute atomic E-state index is 13.8. The van der Waals surface area contributed by atoms with Crippen molar-refractivity contribution in [3.05, 3.63) is 82.4 Å². The van der Waals surface area contributed by atoms with Gasteiger partial charge in [-0.2, -0.15) is 0 Å². The van der Waals surface area contributed by atoms with Crippen molar-refractivity contribution in [3.8, 4) is 5.75 Å². The zero-order valence-electron chi connectivity index (χ0n) is 19.9. The predicted molar refractivity (Wildman–Crippen MR) is 133 cm³/mol. The van der Waals surface area contributed by atoms with E-state index in [-0.39, 0.29) is 17.2 Å². The maximum atomic E-state index is 13.8. The smallest absolute Gasteiger partial charge is 0.268 e. The Kier molecular flexibility index (Phi) is 7.12. The second-order valence-corrected chi connectivity index (χ2v) is 10.1. The van der Waals surface area contributed by atoms with Crippen LogP contribution < -0.4 is 14.4 Å². The number of hydrogen-bond donors (Lipinski definition) is 1. The molecule has 0 fully saturated rings. The van der Waals surface area contributed by atoms with Crippen LogP contribution in [-0.4, -0.2) is 28.0 Å². The Morgan fingerprint density at radius 2 is 1.64 bits per heavy atom. The van der Waals surface area contributed by atoms with Crippen LogP contribution in [0, 0.1) is 34.6 Å². The van der Waals surface area contributed by atoms with Crippen LogP contribution in [0.3, 0.4) is 0 Å². The summed E-state index contributed by atoms with van der Waals surface area (Å²) in [5.41, 5.74) is 5.78. The van der Waals surface area contributed by atoms with E-state index in [1.54, 1.807) is 36.4 Å². The summed E-state index contributed by atoms with van der Waals surface area (Å²) in [5.74, 6) is -0.207. The molecule has 3 rings (SSSR count). The number of amides is 1. The van der Waals surface area contributed by atoms with E-state index in [1.807, 2.05) is 52.8 Å². The molecule has 6 nitrogen and oxygen atoms in total. The zero-order chi connectivity index (χ0) is 24.3. The van der Waals surface area contributed by atoms with Gasteiger partial charge < -0.3 is 10.1 Å². The third-order valence-electron chi connectivity index (χ3n) is 5.83. The van der Waals surface area contributed by atoms with Gasteiger partial charge in [-0.25, -0.2) is 8.42 Å². The number of sulfonamides is 1. The first-order chi connectivity index (χ1) is 15.5. The molecule has 3 aromatic rings. The first-order valence-electron chi connectivity index (χ1n) is 10.7. The van der Waals surface area contributed by atoms with Gasteiger partial charge in [-0.15, -0.1) is 0 Å². The van der Waals surface area contributed by atoms with Crippen LogP contribution in [-0.2, 0) is 14.8 Å². The molecule has 0 saturated heterocycles. The average Bonchev–Trinajstić information content (AvgIpc) is 2.77. The lowest BCUT2D eigenvalue weighted by Gasteiger charge is -2.26. The second-order valence-electron chi connectivity index (χ2n) is 8.23. The summed E-state index contributed by atoms with van der Waals surface area (Å²) in [6, 6.07) is 15.9. The van der Waals surface area contributed by atoms with Gasteiger partial charge in [-0.1, -0.05) is 24.3 Å². The molecule has 0 aliphatic carbocycles. The summed E-state index contributed by atoms with van der Waals surface area (Å²) in [7, 11) is -2.68. The molecule has 1 amide bonds. The van der Waals surface area contributed by atoms with Gasteiger partial charge in [-0.3, -0.25) is 9.10 Å². The first kappa shape index (κ1) is 24.3. The number of anilines is 2. The molecule has 0 heterocycles. The highest BCUT2D eigenvalue weighted by molar-refractivity contribution is 7.93. The third-order valence-corrected chi connectivity index (χ3v) is 7.63. The van der Waals surface area contributed by atoms with Gasteiger partial charge in [0.2, 0.25) is 5.91 Å². The van der Waals surface area contributed by atoms with Crippen LogP contribution >= 0.6 is 0 Å². The molecule has 1 N–H and O–H groups in total. The van der Waals surface area contributed by atoms with Gasteiger partial charge >= 0.3 is 0 Å². The highest BCUT2D eigenvalue weighted by atomic mass is 32.2. The number of rotatable bonds is 7. The van der Waals surface area contributed by atoms with Crippen LogP contribution in [0.25, 0.3) is 0 Å². The number of hydrogen-bond acceptors (Lipinski definition) is 4. The molecule has 0 radical (unpaired) electrons. The lowest BCUT2D eigenvalue weighted by Crippen LogP contribution is -2.38.